The van der Waals surface area contributed by atoms with Gasteiger partial charge in [0.2, 0.25) is 5.91 Å². The molecule has 3 N–H and O–H groups in total. The normalized spacial score (nSPS) is 22.5. The Balaban J connectivity index is 0.00000242. The largest absolute Gasteiger partial charge is 0.387 e. The molecule has 0 aliphatic carbocycles. The fourth-order valence-electron chi connectivity index (χ4n) is 2.22. The van der Waals surface area contributed by atoms with Gasteiger partial charge in [-0.3, -0.25) is 4.79 Å². The second-order valence-corrected chi connectivity index (χ2v) is 5.84. The van der Waals surface area contributed by atoms with E-state index in [1.807, 2.05) is 6.92 Å². The molecule has 0 radical (unpaired) electrons. The quantitative estimate of drug-likeness (QED) is 0.758. The number of ether oxygens (including phenoxy) is 1. The van der Waals surface area contributed by atoms with Crippen molar-refractivity contribution >= 4 is 41.5 Å². The highest BCUT2D eigenvalue weighted by Gasteiger charge is 2.28. The van der Waals surface area contributed by atoms with Crippen molar-refractivity contribution in [2.75, 3.05) is 19.7 Å². The molecule has 1 aliphatic heterocycles. The van der Waals surface area contributed by atoms with Gasteiger partial charge in [0, 0.05) is 23.1 Å². The fraction of sp³-hybridized carbons (Fsp3) is 0.500. The van der Waals surface area contributed by atoms with Crippen molar-refractivity contribution in [1.82, 2.24) is 10.6 Å². The number of carbonyl (C=O) groups is 1. The monoisotopic (exact) mass is 368 g/mol. The van der Waals surface area contributed by atoms with Crippen LogP contribution in [0.15, 0.2) is 18.2 Å². The maximum atomic E-state index is 12.1. The number of nitrogens with one attached hydrogen (secondary N) is 2. The molecule has 8 heteroatoms. The number of carbonyl (C=O) groups excluding carboxylic acids is 1. The Morgan fingerprint density at radius 2 is 2.09 bits per heavy atom. The van der Waals surface area contributed by atoms with Crippen molar-refractivity contribution in [3.63, 3.8) is 0 Å². The minimum Gasteiger partial charge on any atom is -0.387 e. The van der Waals surface area contributed by atoms with E-state index < -0.39 is 12.1 Å². The summed E-state index contributed by atoms with van der Waals surface area (Å²) >= 11 is 11.8. The first-order valence-electron chi connectivity index (χ1n) is 6.74. The van der Waals surface area contributed by atoms with Crippen LogP contribution in [0, 0.1) is 0 Å². The molecule has 1 fully saturated rings. The summed E-state index contributed by atoms with van der Waals surface area (Å²) in [4.78, 5) is 12.1. The van der Waals surface area contributed by atoms with Gasteiger partial charge in [-0.05, 0) is 30.7 Å². The van der Waals surface area contributed by atoms with Gasteiger partial charge >= 0.3 is 0 Å². The predicted molar refractivity (Wildman–Crippen MR) is 88.9 cm³/mol. The molecular weight excluding hydrogens is 351 g/mol. The van der Waals surface area contributed by atoms with Crippen molar-refractivity contribution in [3.8, 4) is 0 Å². The molecule has 1 heterocycles. The topological polar surface area (TPSA) is 70.6 Å². The van der Waals surface area contributed by atoms with Crippen LogP contribution in [0.2, 0.25) is 10.0 Å². The Morgan fingerprint density at radius 3 is 2.68 bits per heavy atom. The maximum absolute atomic E-state index is 12.1. The van der Waals surface area contributed by atoms with E-state index in [2.05, 4.69) is 10.6 Å². The molecule has 2 rings (SSSR count). The van der Waals surface area contributed by atoms with Gasteiger partial charge in [-0.25, -0.2) is 0 Å². The summed E-state index contributed by atoms with van der Waals surface area (Å²) < 4.78 is 5.41. The minimum absolute atomic E-state index is 0. The number of benzene rings is 1. The van der Waals surface area contributed by atoms with Gasteiger partial charge in [0.15, 0.2) is 0 Å². The van der Waals surface area contributed by atoms with Crippen LogP contribution in [0.3, 0.4) is 0 Å². The van der Waals surface area contributed by atoms with E-state index in [1.165, 1.54) is 0 Å². The average Bonchev–Trinajstić information content (AvgIpc) is 2.43. The summed E-state index contributed by atoms with van der Waals surface area (Å²) in [7, 11) is 0. The van der Waals surface area contributed by atoms with Crippen LogP contribution in [0.25, 0.3) is 0 Å². The molecule has 1 amide bonds. The highest BCUT2D eigenvalue weighted by molar-refractivity contribution is 6.34. The molecule has 0 bridgehead atoms. The molecule has 1 unspecified atom stereocenters. The van der Waals surface area contributed by atoms with Crippen LogP contribution in [0.5, 0.6) is 0 Å². The number of aliphatic hydroxyl groups is 1. The van der Waals surface area contributed by atoms with Crippen molar-refractivity contribution in [2.45, 2.75) is 25.2 Å². The van der Waals surface area contributed by atoms with Crippen molar-refractivity contribution in [1.29, 1.82) is 0 Å². The summed E-state index contributed by atoms with van der Waals surface area (Å²) in [6.07, 6.45) is -1.07. The number of rotatable bonds is 4. The lowest BCUT2D eigenvalue weighted by Crippen LogP contribution is -2.55. The molecule has 5 nitrogen and oxygen atoms in total. The van der Waals surface area contributed by atoms with Gasteiger partial charge in [-0.15, -0.1) is 12.4 Å². The van der Waals surface area contributed by atoms with Gasteiger partial charge < -0.3 is 20.5 Å². The Morgan fingerprint density at radius 1 is 1.45 bits per heavy atom. The van der Waals surface area contributed by atoms with E-state index in [0.717, 1.165) is 0 Å². The van der Waals surface area contributed by atoms with Gasteiger partial charge in [0.25, 0.3) is 0 Å². The lowest BCUT2D eigenvalue weighted by atomic mass is 10.1. The van der Waals surface area contributed by atoms with Gasteiger partial charge in [-0.2, -0.15) is 0 Å². The first kappa shape index (κ1) is 19.5. The molecule has 1 aromatic carbocycles. The lowest BCUT2D eigenvalue weighted by Gasteiger charge is -2.29. The van der Waals surface area contributed by atoms with Crippen LogP contribution in [-0.4, -0.2) is 42.9 Å². The summed E-state index contributed by atoms with van der Waals surface area (Å²) in [6.45, 7) is 3.15. The number of hydrogen-bond acceptors (Lipinski definition) is 4. The van der Waals surface area contributed by atoms with Crippen molar-refractivity contribution < 1.29 is 14.6 Å². The molecule has 0 spiro atoms. The second-order valence-electron chi connectivity index (χ2n) is 4.97. The highest BCUT2D eigenvalue weighted by atomic mass is 35.5. The maximum Gasteiger partial charge on any atom is 0.239 e. The SMILES string of the molecule is C[C@H]1OCCN[C@@H]1C(=O)NCC(O)c1cc(Cl)cc(Cl)c1.Cl. The molecule has 22 heavy (non-hydrogen) atoms. The number of halogens is 3. The van der Waals surface area contributed by atoms with Crippen LogP contribution in [0.4, 0.5) is 0 Å². The minimum atomic E-state index is -0.870. The second kappa shape index (κ2) is 8.91. The van der Waals surface area contributed by atoms with Gasteiger partial charge in [0.1, 0.15) is 6.04 Å². The number of morpholine rings is 1. The lowest BCUT2D eigenvalue weighted by molar-refractivity contribution is -0.129. The fourth-order valence-corrected chi connectivity index (χ4v) is 2.76. The summed E-state index contributed by atoms with van der Waals surface area (Å²) in [5.74, 6) is -0.200. The summed E-state index contributed by atoms with van der Waals surface area (Å²) in [5.41, 5.74) is 0.564. The molecule has 0 saturated carbocycles. The molecular formula is C14H19Cl3N2O3. The van der Waals surface area contributed by atoms with E-state index in [1.54, 1.807) is 18.2 Å². The first-order chi connectivity index (χ1) is 9.97. The Labute approximate surface area is 145 Å². The van der Waals surface area contributed by atoms with Crippen LogP contribution >= 0.6 is 35.6 Å². The number of amides is 1. The van der Waals surface area contributed by atoms with Gasteiger partial charge in [-0.1, -0.05) is 23.2 Å². The van der Waals surface area contributed by atoms with Crippen molar-refractivity contribution in [2.24, 2.45) is 0 Å². The van der Waals surface area contributed by atoms with E-state index in [0.29, 0.717) is 28.8 Å². The first-order valence-corrected chi connectivity index (χ1v) is 7.49. The molecule has 1 aromatic rings. The van der Waals surface area contributed by atoms with Crippen LogP contribution in [-0.2, 0) is 9.53 Å². The summed E-state index contributed by atoms with van der Waals surface area (Å²) in [6, 6.07) is 4.42. The van der Waals surface area contributed by atoms with E-state index in [4.69, 9.17) is 27.9 Å². The van der Waals surface area contributed by atoms with Crippen molar-refractivity contribution in [3.05, 3.63) is 33.8 Å². The van der Waals surface area contributed by atoms with Crippen LogP contribution < -0.4 is 10.6 Å². The number of aliphatic hydroxyl groups excluding tert-OH is 1. The number of hydrogen-bond donors (Lipinski definition) is 3. The third-order valence-corrected chi connectivity index (χ3v) is 3.77. The average molecular weight is 370 g/mol. The smallest absolute Gasteiger partial charge is 0.239 e. The van der Waals surface area contributed by atoms with E-state index >= 15 is 0 Å². The third-order valence-electron chi connectivity index (χ3n) is 3.34. The molecule has 3 atom stereocenters. The third kappa shape index (κ3) is 5.26. The Hall–Kier alpha value is -0.560. The van der Waals surface area contributed by atoms with E-state index in [-0.39, 0.29) is 31.0 Å². The standard InChI is InChI=1S/C14H18Cl2N2O3.ClH/c1-8-13(17-2-3-21-8)14(20)18-7-12(19)9-4-10(15)6-11(16)5-9;/h4-6,8,12-13,17,19H,2-3,7H2,1H3,(H,18,20);1H/t8-,12?,13+;/m1./s1. The highest BCUT2D eigenvalue weighted by Crippen LogP contribution is 2.23. The molecule has 1 saturated heterocycles. The molecule has 124 valence electrons. The predicted octanol–water partition coefficient (Wildman–Crippen LogP) is 1.94. The zero-order valence-electron chi connectivity index (χ0n) is 12.0. The summed E-state index contributed by atoms with van der Waals surface area (Å²) in [5, 5.41) is 16.8. The zero-order valence-corrected chi connectivity index (χ0v) is 14.3. The molecule has 1 aliphatic rings. The van der Waals surface area contributed by atoms with Gasteiger partial charge in [0.05, 0.1) is 18.8 Å². The van der Waals surface area contributed by atoms with E-state index in [9.17, 15) is 9.90 Å². The zero-order chi connectivity index (χ0) is 15.4. The Kier molecular flexibility index (Phi) is 7.89. The van der Waals surface area contributed by atoms with Crippen LogP contribution in [0.1, 0.15) is 18.6 Å². The molecule has 0 aromatic heterocycles. The Bertz CT molecular complexity index is 496.